The Balaban J connectivity index is 2.54. The van der Waals surface area contributed by atoms with E-state index in [1.54, 1.807) is 0 Å². The molecule has 0 fully saturated rings. The molecule has 0 aromatic carbocycles. The molecule has 1 aromatic rings. The Kier molecular flexibility index (Phi) is 3.11. The van der Waals surface area contributed by atoms with Crippen molar-refractivity contribution in [2.75, 3.05) is 0 Å². The van der Waals surface area contributed by atoms with Gasteiger partial charge < -0.3 is 10.3 Å². The first kappa shape index (κ1) is 8.27. The van der Waals surface area contributed by atoms with Crippen molar-refractivity contribution in [1.82, 2.24) is 9.55 Å². The maximum Gasteiger partial charge on any atom is 0.0948 e. The second-order valence-corrected chi connectivity index (χ2v) is 2.64. The summed E-state index contributed by atoms with van der Waals surface area (Å²) < 4.78 is 2.11. The summed E-state index contributed by atoms with van der Waals surface area (Å²) in [5.41, 5.74) is 6.63. The van der Waals surface area contributed by atoms with E-state index in [9.17, 15) is 0 Å². The van der Waals surface area contributed by atoms with Crippen LogP contribution in [-0.4, -0.2) is 9.55 Å². The van der Waals surface area contributed by atoms with Gasteiger partial charge in [-0.2, -0.15) is 0 Å². The number of nitrogens with zero attached hydrogens (tertiary/aromatic N) is 2. The maximum atomic E-state index is 5.51. The Bertz CT molecular complexity index is 205. The molecule has 0 saturated carbocycles. The van der Waals surface area contributed by atoms with Crippen molar-refractivity contribution in [3.8, 4) is 0 Å². The van der Waals surface area contributed by atoms with E-state index in [0.717, 1.165) is 12.2 Å². The summed E-state index contributed by atoms with van der Waals surface area (Å²) >= 11 is 0. The molecular weight excluding hydrogens is 138 g/mol. The Labute approximate surface area is 67.2 Å². The lowest BCUT2D eigenvalue weighted by Crippen LogP contribution is -2.06. The Hall–Kier alpha value is -0.830. The van der Waals surface area contributed by atoms with Crippen molar-refractivity contribution < 1.29 is 0 Å². The molecule has 0 amide bonds. The zero-order valence-corrected chi connectivity index (χ0v) is 6.95. The van der Waals surface area contributed by atoms with Crippen LogP contribution in [0.1, 0.15) is 25.5 Å². The first-order valence-corrected chi connectivity index (χ1v) is 4.07. The maximum absolute atomic E-state index is 5.51. The van der Waals surface area contributed by atoms with Crippen molar-refractivity contribution in [2.24, 2.45) is 5.73 Å². The summed E-state index contributed by atoms with van der Waals surface area (Å²) in [7, 11) is 0. The smallest absolute Gasteiger partial charge is 0.0948 e. The minimum absolute atomic E-state index is 0.587. The van der Waals surface area contributed by atoms with Gasteiger partial charge in [-0.1, -0.05) is 13.3 Å². The SMILES string of the molecule is CCCCn1cncc1CN. The van der Waals surface area contributed by atoms with E-state index in [4.69, 9.17) is 5.73 Å². The van der Waals surface area contributed by atoms with Gasteiger partial charge in [0, 0.05) is 19.3 Å². The van der Waals surface area contributed by atoms with Crippen LogP contribution < -0.4 is 5.73 Å². The summed E-state index contributed by atoms with van der Waals surface area (Å²) in [5.74, 6) is 0. The molecule has 3 nitrogen and oxygen atoms in total. The van der Waals surface area contributed by atoms with Gasteiger partial charge in [0.05, 0.1) is 12.0 Å². The molecule has 0 spiro atoms. The fourth-order valence-corrected chi connectivity index (χ4v) is 1.05. The number of rotatable bonds is 4. The average molecular weight is 153 g/mol. The third-order valence-corrected chi connectivity index (χ3v) is 1.76. The Morgan fingerprint density at radius 1 is 1.64 bits per heavy atom. The lowest BCUT2D eigenvalue weighted by atomic mass is 10.3. The predicted octanol–water partition coefficient (Wildman–Crippen LogP) is 1.14. The summed E-state index contributed by atoms with van der Waals surface area (Å²) in [5, 5.41) is 0. The number of hydrogen-bond donors (Lipinski definition) is 1. The number of hydrogen-bond acceptors (Lipinski definition) is 2. The van der Waals surface area contributed by atoms with Gasteiger partial charge in [-0.3, -0.25) is 0 Å². The molecule has 1 aromatic heterocycles. The van der Waals surface area contributed by atoms with Crippen molar-refractivity contribution >= 4 is 0 Å². The highest BCUT2D eigenvalue weighted by atomic mass is 15.0. The highest BCUT2D eigenvalue weighted by molar-refractivity contribution is 4.96. The van der Waals surface area contributed by atoms with Crippen LogP contribution in [0.4, 0.5) is 0 Å². The van der Waals surface area contributed by atoms with Gasteiger partial charge >= 0.3 is 0 Å². The van der Waals surface area contributed by atoms with Gasteiger partial charge in [0.15, 0.2) is 0 Å². The topological polar surface area (TPSA) is 43.8 Å². The number of nitrogens with two attached hydrogens (primary N) is 1. The molecule has 0 atom stereocenters. The minimum Gasteiger partial charge on any atom is -0.333 e. The van der Waals surface area contributed by atoms with E-state index in [0.29, 0.717) is 6.54 Å². The van der Waals surface area contributed by atoms with E-state index in [1.807, 2.05) is 12.5 Å². The van der Waals surface area contributed by atoms with Crippen molar-refractivity contribution in [1.29, 1.82) is 0 Å². The van der Waals surface area contributed by atoms with E-state index < -0.39 is 0 Å². The third-order valence-electron chi connectivity index (χ3n) is 1.76. The lowest BCUT2D eigenvalue weighted by Gasteiger charge is -2.03. The van der Waals surface area contributed by atoms with Crippen molar-refractivity contribution in [2.45, 2.75) is 32.9 Å². The van der Waals surface area contributed by atoms with Crippen LogP contribution >= 0.6 is 0 Å². The second-order valence-electron chi connectivity index (χ2n) is 2.64. The van der Waals surface area contributed by atoms with E-state index in [1.165, 1.54) is 12.8 Å². The first-order chi connectivity index (χ1) is 5.38. The van der Waals surface area contributed by atoms with Gasteiger partial charge in [-0.15, -0.1) is 0 Å². The molecule has 62 valence electrons. The molecule has 0 saturated heterocycles. The normalized spacial score (nSPS) is 10.4. The molecule has 0 aliphatic rings. The summed E-state index contributed by atoms with van der Waals surface area (Å²) in [6, 6.07) is 0. The van der Waals surface area contributed by atoms with E-state index in [-0.39, 0.29) is 0 Å². The average Bonchev–Trinajstić information content (AvgIpc) is 2.47. The molecule has 0 unspecified atom stereocenters. The first-order valence-electron chi connectivity index (χ1n) is 4.07. The van der Waals surface area contributed by atoms with Gasteiger partial charge in [-0.25, -0.2) is 4.98 Å². The van der Waals surface area contributed by atoms with Crippen molar-refractivity contribution in [3.63, 3.8) is 0 Å². The van der Waals surface area contributed by atoms with Crippen LogP contribution in [0.25, 0.3) is 0 Å². The molecule has 0 bridgehead atoms. The van der Waals surface area contributed by atoms with E-state index >= 15 is 0 Å². The van der Waals surface area contributed by atoms with Crippen LogP contribution in [0.15, 0.2) is 12.5 Å². The number of aryl methyl sites for hydroxylation is 1. The summed E-state index contributed by atoms with van der Waals surface area (Å²) in [6.45, 7) is 3.81. The second kappa shape index (κ2) is 4.13. The zero-order valence-electron chi connectivity index (χ0n) is 6.95. The monoisotopic (exact) mass is 153 g/mol. The van der Waals surface area contributed by atoms with Crippen molar-refractivity contribution in [3.05, 3.63) is 18.2 Å². The highest BCUT2D eigenvalue weighted by Gasteiger charge is 1.97. The molecule has 11 heavy (non-hydrogen) atoms. The van der Waals surface area contributed by atoms with Gasteiger partial charge in [0.1, 0.15) is 0 Å². The third kappa shape index (κ3) is 2.05. The molecule has 1 rings (SSSR count). The summed E-state index contributed by atoms with van der Waals surface area (Å²) in [4.78, 5) is 4.03. The van der Waals surface area contributed by atoms with Crippen LogP contribution in [-0.2, 0) is 13.1 Å². The minimum atomic E-state index is 0.587. The fraction of sp³-hybridized carbons (Fsp3) is 0.625. The molecule has 3 heteroatoms. The van der Waals surface area contributed by atoms with Gasteiger partial charge in [0.25, 0.3) is 0 Å². The number of aromatic nitrogens is 2. The Morgan fingerprint density at radius 3 is 3.09 bits per heavy atom. The van der Waals surface area contributed by atoms with Gasteiger partial charge in [-0.05, 0) is 6.42 Å². The number of imidazole rings is 1. The number of unbranched alkanes of at least 4 members (excludes halogenated alkanes) is 1. The quantitative estimate of drug-likeness (QED) is 0.705. The van der Waals surface area contributed by atoms with Crippen LogP contribution in [0.3, 0.4) is 0 Å². The molecule has 1 heterocycles. The van der Waals surface area contributed by atoms with E-state index in [2.05, 4.69) is 16.5 Å². The zero-order chi connectivity index (χ0) is 8.10. The molecule has 2 N–H and O–H groups in total. The predicted molar refractivity (Wildman–Crippen MR) is 45.0 cm³/mol. The molecule has 0 aliphatic carbocycles. The Morgan fingerprint density at radius 2 is 2.45 bits per heavy atom. The molecular formula is C8H15N3. The fourth-order valence-electron chi connectivity index (χ4n) is 1.05. The molecule has 0 radical (unpaired) electrons. The lowest BCUT2D eigenvalue weighted by molar-refractivity contribution is 0.608. The molecule has 0 aliphatic heterocycles. The van der Waals surface area contributed by atoms with Crippen LogP contribution in [0.2, 0.25) is 0 Å². The standard InChI is InChI=1S/C8H15N3/c1-2-3-4-11-7-10-6-8(11)5-9/h6-7H,2-5,9H2,1H3. The van der Waals surface area contributed by atoms with Crippen LogP contribution in [0, 0.1) is 0 Å². The summed E-state index contributed by atoms with van der Waals surface area (Å²) in [6.07, 6.45) is 6.08. The highest BCUT2D eigenvalue weighted by Crippen LogP contribution is 2.00. The largest absolute Gasteiger partial charge is 0.333 e. The van der Waals surface area contributed by atoms with Gasteiger partial charge in [0.2, 0.25) is 0 Å². The van der Waals surface area contributed by atoms with Crippen LogP contribution in [0.5, 0.6) is 0 Å².